The van der Waals surface area contributed by atoms with E-state index in [0.29, 0.717) is 12.5 Å². The smallest absolute Gasteiger partial charge is 0.211 e. The summed E-state index contributed by atoms with van der Waals surface area (Å²) in [5.41, 5.74) is 0. The van der Waals surface area contributed by atoms with Crippen molar-refractivity contribution in [1.82, 2.24) is 4.72 Å². The van der Waals surface area contributed by atoms with Gasteiger partial charge >= 0.3 is 0 Å². The van der Waals surface area contributed by atoms with E-state index >= 15 is 0 Å². The van der Waals surface area contributed by atoms with Gasteiger partial charge in [-0.25, -0.2) is 13.1 Å². The largest absolute Gasteiger partial charge is 0.393 e. The fraction of sp³-hybridized carbons (Fsp3) is 1.00. The van der Waals surface area contributed by atoms with Crippen molar-refractivity contribution in [1.29, 1.82) is 0 Å². The van der Waals surface area contributed by atoms with Gasteiger partial charge in [0.25, 0.3) is 0 Å². The van der Waals surface area contributed by atoms with Crippen molar-refractivity contribution in [2.75, 3.05) is 12.3 Å². The summed E-state index contributed by atoms with van der Waals surface area (Å²) in [4.78, 5) is 0. The van der Waals surface area contributed by atoms with Crippen molar-refractivity contribution in [2.45, 2.75) is 38.2 Å². The maximum atomic E-state index is 11.6. The molecule has 2 saturated carbocycles. The molecule has 5 heteroatoms. The Labute approximate surface area is 91.1 Å². The summed E-state index contributed by atoms with van der Waals surface area (Å²) in [5.74, 6) is 0.783. The predicted octanol–water partition coefficient (Wildman–Crippen LogP) is 0.477. The molecule has 0 aromatic heterocycles. The number of hydrogen-bond acceptors (Lipinski definition) is 3. The van der Waals surface area contributed by atoms with E-state index in [9.17, 15) is 13.5 Å². The lowest BCUT2D eigenvalue weighted by Gasteiger charge is -2.15. The van der Waals surface area contributed by atoms with Gasteiger partial charge in [0, 0.05) is 6.54 Å². The van der Waals surface area contributed by atoms with Gasteiger partial charge in [0.1, 0.15) is 0 Å². The van der Waals surface area contributed by atoms with Crippen molar-refractivity contribution >= 4 is 10.0 Å². The van der Waals surface area contributed by atoms with E-state index in [0.717, 1.165) is 32.1 Å². The minimum absolute atomic E-state index is 0.124. The molecule has 15 heavy (non-hydrogen) atoms. The molecule has 2 rings (SSSR count). The molecule has 2 fully saturated rings. The first-order valence-corrected chi connectivity index (χ1v) is 7.37. The summed E-state index contributed by atoms with van der Waals surface area (Å²) in [6, 6.07) is 0. The molecule has 0 spiro atoms. The van der Waals surface area contributed by atoms with Crippen LogP contribution in [-0.4, -0.2) is 31.9 Å². The standard InChI is InChI=1S/C10H19NO3S/c12-10-3-1-2-9(10)6-11-15(13,14)7-8-4-5-8/h8-12H,1-7H2. The number of hydrogen-bond donors (Lipinski definition) is 2. The van der Waals surface area contributed by atoms with E-state index in [4.69, 9.17) is 0 Å². The maximum Gasteiger partial charge on any atom is 0.211 e. The highest BCUT2D eigenvalue weighted by Crippen LogP contribution is 2.30. The quantitative estimate of drug-likeness (QED) is 0.725. The third-order valence-electron chi connectivity index (χ3n) is 3.34. The zero-order valence-electron chi connectivity index (χ0n) is 8.85. The fourth-order valence-corrected chi connectivity index (χ4v) is 3.68. The second kappa shape index (κ2) is 4.39. The van der Waals surface area contributed by atoms with E-state index in [1.807, 2.05) is 0 Å². The van der Waals surface area contributed by atoms with Gasteiger partial charge in [-0.1, -0.05) is 6.42 Å². The third kappa shape index (κ3) is 3.43. The molecule has 0 bridgehead atoms. The van der Waals surface area contributed by atoms with Gasteiger partial charge < -0.3 is 5.11 Å². The average molecular weight is 233 g/mol. The number of aliphatic hydroxyl groups excluding tert-OH is 1. The van der Waals surface area contributed by atoms with Gasteiger partial charge in [-0.3, -0.25) is 0 Å². The summed E-state index contributed by atoms with van der Waals surface area (Å²) >= 11 is 0. The molecule has 2 aliphatic carbocycles. The number of nitrogens with one attached hydrogen (secondary N) is 1. The molecule has 0 aliphatic heterocycles. The summed E-state index contributed by atoms with van der Waals surface area (Å²) in [6.45, 7) is 0.413. The zero-order chi connectivity index (χ0) is 10.9. The molecule has 0 amide bonds. The van der Waals surface area contributed by atoms with Crippen LogP contribution >= 0.6 is 0 Å². The maximum absolute atomic E-state index is 11.6. The first-order valence-electron chi connectivity index (χ1n) is 5.72. The molecular weight excluding hydrogens is 214 g/mol. The Morgan fingerprint density at radius 3 is 2.47 bits per heavy atom. The lowest BCUT2D eigenvalue weighted by Crippen LogP contribution is -2.34. The topological polar surface area (TPSA) is 66.4 Å². The van der Waals surface area contributed by atoms with Crippen LogP contribution in [0, 0.1) is 11.8 Å². The van der Waals surface area contributed by atoms with Crippen LogP contribution in [0.5, 0.6) is 0 Å². The summed E-state index contributed by atoms with van der Waals surface area (Å²) in [7, 11) is -3.09. The number of sulfonamides is 1. The molecule has 2 N–H and O–H groups in total. The van der Waals surface area contributed by atoms with Crippen LogP contribution in [0.4, 0.5) is 0 Å². The highest BCUT2D eigenvalue weighted by molar-refractivity contribution is 7.89. The number of rotatable bonds is 5. The molecule has 2 atom stereocenters. The fourth-order valence-electron chi connectivity index (χ4n) is 2.14. The van der Waals surface area contributed by atoms with E-state index in [1.165, 1.54) is 0 Å². The average Bonchev–Trinajstić information content (AvgIpc) is 2.84. The molecule has 2 aliphatic rings. The second-order valence-electron chi connectivity index (χ2n) is 4.83. The molecule has 4 nitrogen and oxygen atoms in total. The molecule has 0 radical (unpaired) electrons. The van der Waals surface area contributed by atoms with E-state index < -0.39 is 10.0 Å². The van der Waals surface area contributed by atoms with Crippen LogP contribution < -0.4 is 4.72 Å². The van der Waals surface area contributed by atoms with Crippen molar-refractivity contribution in [2.24, 2.45) is 11.8 Å². The van der Waals surface area contributed by atoms with Gasteiger partial charge in [0.15, 0.2) is 0 Å². The van der Waals surface area contributed by atoms with Crippen molar-refractivity contribution in [3.8, 4) is 0 Å². The highest BCUT2D eigenvalue weighted by Gasteiger charge is 2.30. The van der Waals surface area contributed by atoms with Crippen molar-refractivity contribution in [3.05, 3.63) is 0 Å². The van der Waals surface area contributed by atoms with Gasteiger partial charge in [-0.2, -0.15) is 0 Å². The number of aliphatic hydroxyl groups is 1. The predicted molar refractivity (Wildman–Crippen MR) is 57.9 cm³/mol. The van der Waals surface area contributed by atoms with E-state index in [2.05, 4.69) is 4.72 Å². The van der Waals surface area contributed by atoms with Crippen LogP contribution in [0.1, 0.15) is 32.1 Å². The van der Waals surface area contributed by atoms with Crippen LogP contribution in [0.2, 0.25) is 0 Å². The van der Waals surface area contributed by atoms with E-state index in [1.54, 1.807) is 0 Å². The normalized spacial score (nSPS) is 32.1. The van der Waals surface area contributed by atoms with Crippen LogP contribution in [-0.2, 0) is 10.0 Å². The van der Waals surface area contributed by atoms with Crippen molar-refractivity contribution in [3.63, 3.8) is 0 Å². The minimum atomic E-state index is -3.09. The SMILES string of the molecule is O=S(=O)(CC1CC1)NCC1CCCC1O. The van der Waals surface area contributed by atoms with Gasteiger partial charge in [-0.15, -0.1) is 0 Å². The minimum Gasteiger partial charge on any atom is -0.393 e. The second-order valence-corrected chi connectivity index (χ2v) is 6.68. The van der Waals surface area contributed by atoms with Crippen LogP contribution in [0.15, 0.2) is 0 Å². The Bertz CT molecular complexity index is 311. The Morgan fingerprint density at radius 2 is 1.93 bits per heavy atom. The van der Waals surface area contributed by atoms with Crippen molar-refractivity contribution < 1.29 is 13.5 Å². The van der Waals surface area contributed by atoms with Crippen LogP contribution in [0.25, 0.3) is 0 Å². The Balaban J connectivity index is 1.76. The van der Waals surface area contributed by atoms with Crippen LogP contribution in [0.3, 0.4) is 0 Å². The third-order valence-corrected chi connectivity index (χ3v) is 4.85. The Hall–Kier alpha value is -0.130. The molecular formula is C10H19NO3S. The first-order chi connectivity index (χ1) is 7.07. The summed E-state index contributed by atoms with van der Waals surface area (Å²) in [6.07, 6.45) is 4.55. The lowest BCUT2D eigenvalue weighted by molar-refractivity contribution is 0.134. The molecule has 0 aromatic carbocycles. The first kappa shape index (κ1) is 11.4. The molecule has 0 heterocycles. The van der Waals surface area contributed by atoms with Gasteiger partial charge in [-0.05, 0) is 37.5 Å². The molecule has 88 valence electrons. The molecule has 0 aromatic rings. The lowest BCUT2D eigenvalue weighted by atomic mass is 10.1. The zero-order valence-corrected chi connectivity index (χ0v) is 9.67. The Kier molecular flexibility index (Phi) is 3.33. The summed E-state index contributed by atoms with van der Waals surface area (Å²) < 4.78 is 25.7. The summed E-state index contributed by atoms with van der Waals surface area (Å²) in [5, 5.41) is 9.55. The highest BCUT2D eigenvalue weighted by atomic mass is 32.2. The van der Waals surface area contributed by atoms with Gasteiger partial charge in [0.05, 0.1) is 11.9 Å². The monoisotopic (exact) mass is 233 g/mol. The Morgan fingerprint density at radius 1 is 1.20 bits per heavy atom. The van der Waals surface area contributed by atoms with Gasteiger partial charge in [0.2, 0.25) is 10.0 Å². The van der Waals surface area contributed by atoms with E-state index in [-0.39, 0.29) is 17.8 Å². The molecule has 0 saturated heterocycles. The molecule has 2 unspecified atom stereocenters.